The number of ether oxygens (including phenoxy) is 2. The molecule has 0 atom stereocenters. The summed E-state index contributed by atoms with van der Waals surface area (Å²) in [6.07, 6.45) is 3.39. The zero-order valence-electron chi connectivity index (χ0n) is 12.2. The minimum absolute atomic E-state index is 0.0871. The van der Waals surface area contributed by atoms with Crippen LogP contribution in [0.5, 0.6) is 11.5 Å². The van der Waals surface area contributed by atoms with Gasteiger partial charge in [0.15, 0.2) is 11.5 Å². The Labute approximate surface area is 125 Å². The lowest BCUT2D eigenvalue weighted by atomic mass is 10.1. The molecule has 0 radical (unpaired) electrons. The Kier molecular flexibility index (Phi) is 4.60. The fourth-order valence-electron chi connectivity index (χ4n) is 2.32. The summed E-state index contributed by atoms with van der Waals surface area (Å²) >= 11 is 0. The molecule has 0 saturated heterocycles. The van der Waals surface area contributed by atoms with Gasteiger partial charge in [-0.2, -0.15) is 0 Å². The van der Waals surface area contributed by atoms with Crippen molar-refractivity contribution in [2.45, 2.75) is 19.3 Å². The molecular weight excluding hydrogens is 268 g/mol. The van der Waals surface area contributed by atoms with Crippen LogP contribution in [0.15, 0.2) is 18.2 Å². The minimum atomic E-state index is 0.0871. The van der Waals surface area contributed by atoms with Gasteiger partial charge in [0.05, 0.1) is 6.54 Å². The maximum atomic E-state index is 11.6. The largest absolute Gasteiger partial charge is 0.486 e. The van der Waals surface area contributed by atoms with Gasteiger partial charge in [0.2, 0.25) is 5.91 Å². The lowest BCUT2D eigenvalue weighted by Crippen LogP contribution is -2.35. The Balaban J connectivity index is 1.35. The second-order valence-electron chi connectivity index (χ2n) is 5.65. The third-order valence-electron chi connectivity index (χ3n) is 3.77. The first-order valence-electron chi connectivity index (χ1n) is 7.67. The molecule has 21 heavy (non-hydrogen) atoms. The highest BCUT2D eigenvalue weighted by molar-refractivity contribution is 5.77. The van der Waals surface area contributed by atoms with Crippen LogP contribution in [0, 0.1) is 5.92 Å². The fourth-order valence-corrected chi connectivity index (χ4v) is 2.32. The van der Waals surface area contributed by atoms with Crippen LogP contribution in [0.2, 0.25) is 0 Å². The summed E-state index contributed by atoms with van der Waals surface area (Å²) in [6, 6.07) is 6.01. The highest BCUT2D eigenvalue weighted by atomic mass is 16.6. The number of carbonyl (C=O) groups is 1. The fraction of sp³-hybridized carbons (Fsp3) is 0.562. The number of amides is 1. The molecule has 5 nitrogen and oxygen atoms in total. The standard InChI is InChI=1S/C16H22N2O3/c19-16(18-10-13-1-2-13)11-17-6-5-12-3-4-14-15(9-12)21-8-7-20-14/h3-4,9,13,17H,1-2,5-8,10-11H2,(H,18,19). The molecule has 114 valence electrons. The Bertz CT molecular complexity index is 500. The van der Waals surface area contributed by atoms with Crippen molar-refractivity contribution in [2.75, 3.05) is 32.8 Å². The number of carbonyl (C=O) groups excluding carboxylic acids is 1. The molecule has 0 aromatic heterocycles. The van der Waals surface area contributed by atoms with Crippen LogP contribution in [0.25, 0.3) is 0 Å². The predicted molar refractivity (Wildman–Crippen MR) is 79.7 cm³/mol. The van der Waals surface area contributed by atoms with E-state index in [1.807, 2.05) is 18.2 Å². The number of hydrogen-bond donors (Lipinski definition) is 2. The third kappa shape index (κ3) is 4.36. The van der Waals surface area contributed by atoms with Gasteiger partial charge >= 0.3 is 0 Å². The summed E-state index contributed by atoms with van der Waals surface area (Å²) in [4.78, 5) is 11.6. The lowest BCUT2D eigenvalue weighted by Gasteiger charge is -2.18. The van der Waals surface area contributed by atoms with Crippen molar-refractivity contribution in [2.24, 2.45) is 5.92 Å². The molecule has 1 aromatic carbocycles. The molecule has 1 amide bonds. The van der Waals surface area contributed by atoms with Gasteiger partial charge in [-0.15, -0.1) is 0 Å². The smallest absolute Gasteiger partial charge is 0.233 e. The highest BCUT2D eigenvalue weighted by Crippen LogP contribution is 2.30. The molecule has 0 unspecified atom stereocenters. The minimum Gasteiger partial charge on any atom is -0.486 e. The van der Waals surface area contributed by atoms with Crippen molar-refractivity contribution < 1.29 is 14.3 Å². The van der Waals surface area contributed by atoms with E-state index in [1.54, 1.807) is 0 Å². The van der Waals surface area contributed by atoms with Crippen LogP contribution in [0.1, 0.15) is 18.4 Å². The van der Waals surface area contributed by atoms with Gasteiger partial charge in [-0.25, -0.2) is 0 Å². The number of rotatable bonds is 7. The first kappa shape index (κ1) is 14.2. The van der Waals surface area contributed by atoms with E-state index in [0.717, 1.165) is 36.9 Å². The van der Waals surface area contributed by atoms with Gasteiger partial charge in [0.1, 0.15) is 13.2 Å². The summed E-state index contributed by atoms with van der Waals surface area (Å²) in [5, 5.41) is 6.12. The van der Waals surface area contributed by atoms with Gasteiger partial charge in [-0.3, -0.25) is 4.79 Å². The molecule has 3 rings (SSSR count). The van der Waals surface area contributed by atoms with Crippen LogP contribution in [-0.2, 0) is 11.2 Å². The van der Waals surface area contributed by atoms with Crippen molar-refractivity contribution in [3.63, 3.8) is 0 Å². The Hall–Kier alpha value is -1.75. The van der Waals surface area contributed by atoms with E-state index < -0.39 is 0 Å². The maximum Gasteiger partial charge on any atom is 0.233 e. The molecule has 1 heterocycles. The normalized spacial score (nSPS) is 16.6. The van der Waals surface area contributed by atoms with E-state index in [4.69, 9.17) is 9.47 Å². The number of fused-ring (bicyclic) bond motifs is 1. The third-order valence-corrected chi connectivity index (χ3v) is 3.77. The van der Waals surface area contributed by atoms with Crippen LogP contribution < -0.4 is 20.1 Å². The SMILES string of the molecule is O=C(CNCCc1ccc2c(c1)OCCO2)NCC1CC1. The zero-order chi connectivity index (χ0) is 14.5. The van der Waals surface area contributed by atoms with Crippen molar-refractivity contribution in [1.82, 2.24) is 10.6 Å². The highest BCUT2D eigenvalue weighted by Gasteiger charge is 2.21. The molecule has 2 N–H and O–H groups in total. The maximum absolute atomic E-state index is 11.6. The molecule has 0 spiro atoms. The first-order valence-corrected chi connectivity index (χ1v) is 7.67. The molecule has 1 fully saturated rings. The van der Waals surface area contributed by atoms with E-state index in [2.05, 4.69) is 10.6 Å². The van der Waals surface area contributed by atoms with E-state index >= 15 is 0 Å². The van der Waals surface area contributed by atoms with Crippen LogP contribution >= 0.6 is 0 Å². The summed E-state index contributed by atoms with van der Waals surface area (Å²) in [5.41, 5.74) is 1.19. The Morgan fingerprint density at radius 2 is 2.00 bits per heavy atom. The van der Waals surface area contributed by atoms with E-state index in [1.165, 1.54) is 18.4 Å². The number of benzene rings is 1. The molecule has 0 bridgehead atoms. The van der Waals surface area contributed by atoms with Gasteiger partial charge in [-0.1, -0.05) is 6.07 Å². The Morgan fingerprint density at radius 3 is 2.81 bits per heavy atom. The van der Waals surface area contributed by atoms with Gasteiger partial charge in [0.25, 0.3) is 0 Å². The van der Waals surface area contributed by atoms with E-state index in [9.17, 15) is 4.79 Å². The molecule has 1 saturated carbocycles. The quantitative estimate of drug-likeness (QED) is 0.739. The van der Waals surface area contributed by atoms with Crippen LogP contribution in [0.4, 0.5) is 0 Å². The lowest BCUT2D eigenvalue weighted by molar-refractivity contribution is -0.120. The Morgan fingerprint density at radius 1 is 1.19 bits per heavy atom. The van der Waals surface area contributed by atoms with Crippen molar-refractivity contribution in [3.05, 3.63) is 23.8 Å². The molecule has 1 aromatic rings. The van der Waals surface area contributed by atoms with Gasteiger partial charge in [0, 0.05) is 6.54 Å². The average molecular weight is 290 g/mol. The predicted octanol–water partition coefficient (Wildman–Crippen LogP) is 1.12. The number of hydrogen-bond acceptors (Lipinski definition) is 4. The van der Waals surface area contributed by atoms with Gasteiger partial charge < -0.3 is 20.1 Å². The molecule has 1 aliphatic heterocycles. The van der Waals surface area contributed by atoms with Crippen molar-refractivity contribution in [3.8, 4) is 11.5 Å². The topological polar surface area (TPSA) is 59.6 Å². The first-order chi connectivity index (χ1) is 10.3. The number of nitrogens with one attached hydrogen (secondary N) is 2. The summed E-state index contributed by atoms with van der Waals surface area (Å²) < 4.78 is 11.1. The van der Waals surface area contributed by atoms with Crippen molar-refractivity contribution in [1.29, 1.82) is 0 Å². The van der Waals surface area contributed by atoms with Gasteiger partial charge in [-0.05, 0) is 49.4 Å². The zero-order valence-corrected chi connectivity index (χ0v) is 12.2. The summed E-state index contributed by atoms with van der Waals surface area (Å²) in [5.74, 6) is 2.45. The van der Waals surface area contributed by atoms with E-state index in [0.29, 0.717) is 19.8 Å². The summed E-state index contributed by atoms with van der Waals surface area (Å²) in [7, 11) is 0. The molecule has 2 aliphatic rings. The van der Waals surface area contributed by atoms with E-state index in [-0.39, 0.29) is 5.91 Å². The molecular formula is C16H22N2O3. The molecule has 5 heteroatoms. The summed E-state index contributed by atoms with van der Waals surface area (Å²) in [6.45, 7) is 3.22. The van der Waals surface area contributed by atoms with Crippen LogP contribution in [-0.4, -0.2) is 38.8 Å². The molecule has 1 aliphatic carbocycles. The van der Waals surface area contributed by atoms with Crippen LogP contribution in [0.3, 0.4) is 0 Å². The average Bonchev–Trinajstić information content (AvgIpc) is 3.34. The second-order valence-corrected chi connectivity index (χ2v) is 5.65. The monoisotopic (exact) mass is 290 g/mol. The second kappa shape index (κ2) is 6.80. The van der Waals surface area contributed by atoms with Crippen molar-refractivity contribution >= 4 is 5.91 Å².